The van der Waals surface area contributed by atoms with Crippen molar-refractivity contribution in [2.45, 2.75) is 146 Å². The van der Waals surface area contributed by atoms with Crippen molar-refractivity contribution in [1.82, 2.24) is 0 Å². The van der Waals surface area contributed by atoms with Crippen LogP contribution in [0.1, 0.15) is 53.0 Å². The van der Waals surface area contributed by atoms with Gasteiger partial charge in [0.15, 0.2) is 24.8 Å². The van der Waals surface area contributed by atoms with Gasteiger partial charge in [-0.15, -0.1) is 0 Å². The van der Waals surface area contributed by atoms with Crippen LogP contribution in [0.25, 0.3) is 10.4 Å². The highest BCUT2D eigenvalue weighted by Crippen LogP contribution is 2.40. The molecule has 2 fully saturated rings. The summed E-state index contributed by atoms with van der Waals surface area (Å²) in [5.41, 5.74) is 11.0. The highest BCUT2D eigenvalue weighted by molar-refractivity contribution is 6.99. The van der Waals surface area contributed by atoms with E-state index < -0.39 is 101 Å². The number of ether oxygens (including phenoxy) is 11. The molecule has 0 unspecified atom stereocenters. The summed E-state index contributed by atoms with van der Waals surface area (Å²) in [4.78, 5) is 55.7. The number of carbonyl (C=O) groups excluding carboxylic acids is 4. The van der Waals surface area contributed by atoms with E-state index in [1.165, 1.54) is 21.0 Å². The van der Waals surface area contributed by atoms with Crippen molar-refractivity contribution in [3.05, 3.63) is 101 Å². The Morgan fingerprint density at radius 2 is 1.39 bits per heavy atom. The van der Waals surface area contributed by atoms with Gasteiger partial charge >= 0.3 is 17.9 Å². The van der Waals surface area contributed by atoms with Crippen molar-refractivity contribution in [1.29, 1.82) is 0 Å². The molecule has 2 heterocycles. The van der Waals surface area contributed by atoms with Gasteiger partial charge in [-0.3, -0.25) is 9.59 Å². The van der Waals surface area contributed by atoms with Crippen LogP contribution in [-0.4, -0.2) is 143 Å². The molecule has 21 heteroatoms. The van der Waals surface area contributed by atoms with E-state index >= 15 is 0 Å². The molecule has 0 amide bonds. The Morgan fingerprint density at radius 1 is 0.750 bits per heavy atom. The molecule has 0 spiro atoms. The molecule has 394 valence electrons. The van der Waals surface area contributed by atoms with Gasteiger partial charge in [0.2, 0.25) is 0 Å². The number of ketones is 1. The summed E-state index contributed by atoms with van der Waals surface area (Å²) in [6.07, 6.45) is -13.4. The smallest absolute Gasteiger partial charge is 0.337 e. The summed E-state index contributed by atoms with van der Waals surface area (Å²) in [5, 5.41) is 5.52. The lowest BCUT2D eigenvalue weighted by Gasteiger charge is -2.49. The minimum Gasteiger partial charge on any atom is -0.497 e. The molecule has 2 aliphatic heterocycles. The minimum atomic E-state index is -3.34. The lowest BCUT2D eigenvalue weighted by atomic mass is 9.95. The molecule has 3 aromatic rings. The predicted molar refractivity (Wildman–Crippen MR) is 268 cm³/mol. The van der Waals surface area contributed by atoms with Crippen LogP contribution in [0.15, 0.2) is 90.0 Å². The van der Waals surface area contributed by atoms with Crippen molar-refractivity contribution in [3.63, 3.8) is 0 Å². The fraction of sp³-hybridized carbons (Fsp3) is 0.569. The number of benzene rings is 3. The lowest BCUT2D eigenvalue weighted by Crippen LogP contribution is -2.69. The highest BCUT2D eigenvalue weighted by atomic mass is 28.4. The molecule has 0 aromatic heterocycles. The van der Waals surface area contributed by atoms with E-state index in [4.69, 9.17) is 56.5 Å². The zero-order valence-corrected chi connectivity index (χ0v) is 45.2. The fourth-order valence-electron chi connectivity index (χ4n) is 8.71. The second kappa shape index (κ2) is 26.8. The molecule has 0 bridgehead atoms. The quantitative estimate of drug-likeness (QED) is 0.0131. The molecule has 0 saturated carbocycles. The van der Waals surface area contributed by atoms with E-state index in [9.17, 15) is 24.7 Å². The number of methoxy groups -OCH3 is 3. The standard InChI is InChI=1S/C51H71N3O16Si2/c1-33(55)22-27-40(57)68-43-41(53-54-52)49(69-45-44(64-32-62-28-29-71(9,10)11)47(66-34(2)56)50(61-8)70-46(45)48(58)60-7)67-39(42(43)63-30-35-23-25-36(59-6)26-24-35)31-65-72(51(3,4)5,37-18-14-12-15-19-37)38-20-16-13-17-21-38/h12-21,23-26,39,41-47,49-50H,22,27-32H2,1-11H3/t39-,41-,42-,43-,44+,45+,46+,47-,49-,50+/m1/s1. The van der Waals surface area contributed by atoms with Crippen molar-refractivity contribution in [2.75, 3.05) is 41.3 Å². The number of hydrogen-bond donors (Lipinski definition) is 0. The Kier molecular flexibility index (Phi) is 21.5. The number of Topliss-reactive ketones (excluding diaryl/α,β-unsaturated/α-hetero) is 1. The Hall–Kier alpha value is -5.04. The van der Waals surface area contributed by atoms with Crippen LogP contribution in [0.2, 0.25) is 30.7 Å². The zero-order valence-electron chi connectivity index (χ0n) is 43.2. The van der Waals surface area contributed by atoms with Crippen LogP contribution in [0, 0.1) is 0 Å². The third-order valence-corrected chi connectivity index (χ3v) is 19.0. The Morgan fingerprint density at radius 3 is 1.92 bits per heavy atom. The molecular formula is C51H71N3O16Si2. The second-order valence-electron chi connectivity index (χ2n) is 19.8. The number of rotatable bonds is 25. The van der Waals surface area contributed by atoms with E-state index in [1.807, 2.05) is 60.7 Å². The van der Waals surface area contributed by atoms with E-state index in [1.54, 1.807) is 31.4 Å². The molecule has 3 aromatic carbocycles. The van der Waals surface area contributed by atoms with Crippen molar-refractivity contribution in [3.8, 4) is 5.75 Å². The van der Waals surface area contributed by atoms with Gasteiger partial charge < -0.3 is 61.3 Å². The molecule has 0 aliphatic carbocycles. The molecule has 0 N–H and O–H groups in total. The second-order valence-corrected chi connectivity index (χ2v) is 29.7. The van der Waals surface area contributed by atoms with E-state index in [0.29, 0.717) is 17.9 Å². The van der Waals surface area contributed by atoms with Crippen LogP contribution < -0.4 is 15.1 Å². The molecule has 2 aliphatic rings. The number of carbonyl (C=O) groups is 4. The van der Waals surface area contributed by atoms with Crippen LogP contribution in [-0.2, 0) is 77.6 Å². The monoisotopic (exact) mass is 1040 g/mol. The summed E-state index contributed by atoms with van der Waals surface area (Å²) in [5.74, 6) is -2.10. The molecular weight excluding hydrogens is 967 g/mol. The number of hydrogen-bond acceptors (Lipinski definition) is 17. The number of esters is 3. The van der Waals surface area contributed by atoms with Crippen LogP contribution in [0.5, 0.6) is 5.75 Å². The van der Waals surface area contributed by atoms with Gasteiger partial charge in [0, 0.05) is 40.0 Å². The molecule has 10 atom stereocenters. The van der Waals surface area contributed by atoms with Crippen LogP contribution in [0.4, 0.5) is 0 Å². The highest BCUT2D eigenvalue weighted by Gasteiger charge is 2.58. The van der Waals surface area contributed by atoms with Crippen molar-refractivity contribution >= 4 is 50.5 Å². The molecule has 19 nitrogen and oxygen atoms in total. The SMILES string of the molecule is COC(=O)[C@H]1O[C@H](OC)[C@H](OC(C)=O)[C@@H](OCOCC[Si](C)(C)C)[C@@H]1O[C@H]1O[C@H](CO[Si](c2ccccc2)(c2ccccc2)C(C)(C)C)[C@@H](OCc2ccc(OC)cc2)[C@H](OC(=O)CCC(C)=O)[C@H]1N=[N+]=[N-]. The van der Waals surface area contributed by atoms with Crippen LogP contribution in [0.3, 0.4) is 0 Å². The Labute approximate surface area is 424 Å². The van der Waals surface area contributed by atoms with E-state index in [2.05, 4.69) is 50.4 Å². The normalized spacial score (nSPS) is 24.6. The van der Waals surface area contributed by atoms with Gasteiger partial charge in [-0.1, -0.05) is 118 Å². The van der Waals surface area contributed by atoms with Gasteiger partial charge in [-0.25, -0.2) is 4.79 Å². The lowest BCUT2D eigenvalue weighted by molar-refractivity contribution is -0.348. The Balaban J connectivity index is 1.69. The fourth-order valence-corrected chi connectivity index (χ4v) is 14.0. The van der Waals surface area contributed by atoms with Gasteiger partial charge in [0.25, 0.3) is 8.32 Å². The molecule has 72 heavy (non-hydrogen) atoms. The summed E-state index contributed by atoms with van der Waals surface area (Å²) in [6, 6.07) is 26.2. The van der Waals surface area contributed by atoms with Crippen LogP contribution >= 0.6 is 0 Å². The number of nitrogens with zero attached hydrogens (tertiary/aromatic N) is 3. The first kappa shape index (κ1) is 57.9. The van der Waals surface area contributed by atoms with Crippen molar-refractivity contribution in [2.24, 2.45) is 5.11 Å². The third-order valence-electron chi connectivity index (χ3n) is 12.3. The third kappa shape index (κ3) is 15.3. The van der Waals surface area contributed by atoms with Gasteiger partial charge in [-0.05, 0) is 51.6 Å². The van der Waals surface area contributed by atoms with Gasteiger partial charge in [-0.2, -0.15) is 0 Å². The first-order valence-electron chi connectivity index (χ1n) is 23.9. The summed E-state index contributed by atoms with van der Waals surface area (Å²) in [6.45, 7) is 15.2. The van der Waals surface area contributed by atoms with Gasteiger partial charge in [0.05, 0.1) is 33.9 Å². The number of azide groups is 1. The summed E-state index contributed by atoms with van der Waals surface area (Å²) >= 11 is 0. The molecule has 0 radical (unpaired) electrons. The van der Waals surface area contributed by atoms with Crippen molar-refractivity contribution < 1.29 is 75.7 Å². The average molecular weight is 1040 g/mol. The summed E-state index contributed by atoms with van der Waals surface area (Å²) < 4.78 is 74.5. The maximum atomic E-state index is 13.9. The van der Waals surface area contributed by atoms with E-state index in [-0.39, 0.29) is 38.6 Å². The minimum absolute atomic E-state index is 0.0549. The maximum absolute atomic E-state index is 13.9. The first-order valence-corrected chi connectivity index (χ1v) is 29.5. The maximum Gasteiger partial charge on any atom is 0.337 e. The largest absolute Gasteiger partial charge is 0.497 e. The summed E-state index contributed by atoms with van der Waals surface area (Å²) in [7, 11) is -0.874. The topological polar surface area (TPSA) is 228 Å². The predicted octanol–water partition coefficient (Wildman–Crippen LogP) is 6.40. The first-order chi connectivity index (χ1) is 34.3. The zero-order chi connectivity index (χ0) is 52.6. The van der Waals surface area contributed by atoms with E-state index in [0.717, 1.165) is 23.5 Å². The van der Waals surface area contributed by atoms with Gasteiger partial charge in [0.1, 0.15) is 54.9 Å². The Bertz CT molecular complexity index is 2220. The molecule has 5 rings (SSSR count). The average Bonchev–Trinajstić information content (AvgIpc) is 3.34. The molecule has 2 saturated heterocycles.